The number of amides is 2. The van der Waals surface area contributed by atoms with E-state index in [4.69, 9.17) is 0 Å². The van der Waals surface area contributed by atoms with Crippen molar-refractivity contribution in [2.75, 3.05) is 13.1 Å². The Morgan fingerprint density at radius 3 is 2.65 bits per heavy atom. The Bertz CT molecular complexity index is 1060. The third kappa shape index (κ3) is 4.42. The van der Waals surface area contributed by atoms with Crippen LogP contribution in [0, 0.1) is 12.3 Å². The van der Waals surface area contributed by atoms with Gasteiger partial charge in [0.05, 0.1) is 17.2 Å². The van der Waals surface area contributed by atoms with Gasteiger partial charge >= 0.3 is 0 Å². The number of nitrogens with one attached hydrogen (secondary N) is 2. The summed E-state index contributed by atoms with van der Waals surface area (Å²) in [6.07, 6.45) is 2.81. The molecule has 6 nitrogen and oxygen atoms in total. The fourth-order valence-corrected chi connectivity index (χ4v) is 4.96. The van der Waals surface area contributed by atoms with E-state index in [1.165, 1.54) is 10.4 Å². The number of benzene rings is 1. The highest BCUT2D eigenvalue weighted by molar-refractivity contribution is 7.13. The summed E-state index contributed by atoms with van der Waals surface area (Å²) in [6.45, 7) is 6.73. The number of hydrogen-bond donors (Lipinski definition) is 2. The first-order valence-corrected chi connectivity index (χ1v) is 11.5. The van der Waals surface area contributed by atoms with Gasteiger partial charge in [-0.2, -0.15) is 5.10 Å². The Labute approximate surface area is 186 Å². The molecule has 7 heteroatoms. The first kappa shape index (κ1) is 21.3. The normalized spacial score (nSPS) is 18.5. The number of aryl methyl sites for hydroxylation is 1. The van der Waals surface area contributed by atoms with Crippen LogP contribution in [0.4, 0.5) is 0 Å². The van der Waals surface area contributed by atoms with Gasteiger partial charge in [-0.05, 0) is 56.2 Å². The molecule has 1 fully saturated rings. The Morgan fingerprint density at radius 2 is 2.03 bits per heavy atom. The molecule has 3 heterocycles. The Kier molecular flexibility index (Phi) is 5.96. The molecule has 4 rings (SSSR count). The number of aromatic nitrogens is 2. The van der Waals surface area contributed by atoms with Crippen LogP contribution < -0.4 is 5.32 Å². The lowest BCUT2D eigenvalue weighted by molar-refractivity contribution is -0.130. The van der Waals surface area contributed by atoms with Crippen LogP contribution in [0.2, 0.25) is 0 Å². The molecule has 0 saturated carbocycles. The van der Waals surface area contributed by atoms with Crippen molar-refractivity contribution in [2.45, 2.75) is 39.7 Å². The molecule has 1 unspecified atom stereocenters. The SMILES string of the molecule is Cc1[nH]ncc1C(=O)N1CCC(Cc2ccc(-c3cccs3)cc2)(C(=O)NC(C)C)C1. The highest BCUT2D eigenvalue weighted by Crippen LogP contribution is 2.36. The zero-order chi connectivity index (χ0) is 22.0. The van der Waals surface area contributed by atoms with Gasteiger partial charge in [-0.25, -0.2) is 0 Å². The molecular weight excluding hydrogens is 408 g/mol. The molecule has 0 bridgehead atoms. The highest BCUT2D eigenvalue weighted by atomic mass is 32.1. The van der Waals surface area contributed by atoms with Gasteiger partial charge in [-0.3, -0.25) is 14.7 Å². The van der Waals surface area contributed by atoms with Crippen LogP contribution in [0.15, 0.2) is 48.0 Å². The Hall–Kier alpha value is -2.93. The summed E-state index contributed by atoms with van der Waals surface area (Å²) in [5.74, 6) is -0.0532. The van der Waals surface area contributed by atoms with Crippen LogP contribution in [0.25, 0.3) is 10.4 Å². The van der Waals surface area contributed by atoms with Gasteiger partial charge in [0.15, 0.2) is 0 Å². The summed E-state index contributed by atoms with van der Waals surface area (Å²) in [5.41, 5.74) is 2.96. The van der Waals surface area contributed by atoms with Crippen molar-refractivity contribution >= 4 is 23.2 Å². The number of aromatic amines is 1. The van der Waals surface area contributed by atoms with Gasteiger partial charge in [-0.15, -0.1) is 11.3 Å². The van der Waals surface area contributed by atoms with Crippen LogP contribution in [-0.2, 0) is 11.2 Å². The van der Waals surface area contributed by atoms with Crippen LogP contribution in [0.3, 0.4) is 0 Å². The number of carbonyl (C=O) groups excluding carboxylic acids is 2. The second-order valence-electron chi connectivity index (χ2n) is 8.64. The number of likely N-dealkylation sites (tertiary alicyclic amines) is 1. The topological polar surface area (TPSA) is 78.1 Å². The molecule has 1 atom stereocenters. The second kappa shape index (κ2) is 8.67. The van der Waals surface area contributed by atoms with E-state index in [-0.39, 0.29) is 17.9 Å². The average Bonchev–Trinajstić information content (AvgIpc) is 3.49. The standard InChI is InChI=1S/C24H28N4O2S/c1-16(2)26-23(30)24(10-11-28(15-24)22(29)20-14-25-27-17(20)3)13-18-6-8-19(9-7-18)21-5-4-12-31-21/h4-9,12,14,16H,10-11,13,15H2,1-3H3,(H,25,27)(H,26,30). The lowest BCUT2D eigenvalue weighted by atomic mass is 9.79. The molecule has 1 aromatic carbocycles. The Balaban J connectivity index is 1.57. The maximum atomic E-state index is 13.3. The van der Waals surface area contributed by atoms with Crippen molar-refractivity contribution in [3.63, 3.8) is 0 Å². The van der Waals surface area contributed by atoms with Gasteiger partial charge < -0.3 is 10.2 Å². The first-order valence-electron chi connectivity index (χ1n) is 10.6. The van der Waals surface area contributed by atoms with E-state index in [2.05, 4.69) is 51.2 Å². The van der Waals surface area contributed by atoms with Crippen LogP contribution in [0.1, 0.15) is 41.9 Å². The molecule has 2 amide bonds. The lowest BCUT2D eigenvalue weighted by Gasteiger charge is -2.29. The number of hydrogen-bond acceptors (Lipinski definition) is 4. The third-order valence-corrected chi connectivity index (χ3v) is 6.82. The fourth-order valence-electron chi connectivity index (χ4n) is 4.23. The molecule has 3 aromatic rings. The van der Waals surface area contributed by atoms with Gasteiger partial charge in [0.25, 0.3) is 5.91 Å². The van der Waals surface area contributed by atoms with E-state index in [0.29, 0.717) is 31.5 Å². The molecule has 1 aliphatic rings. The molecule has 0 spiro atoms. The van der Waals surface area contributed by atoms with E-state index >= 15 is 0 Å². The van der Waals surface area contributed by atoms with Gasteiger partial charge in [0.2, 0.25) is 5.91 Å². The van der Waals surface area contributed by atoms with E-state index in [0.717, 1.165) is 11.3 Å². The quantitative estimate of drug-likeness (QED) is 0.612. The maximum Gasteiger partial charge on any atom is 0.257 e. The minimum atomic E-state index is -0.637. The molecule has 0 radical (unpaired) electrons. The number of nitrogens with zero attached hydrogens (tertiary/aromatic N) is 2. The summed E-state index contributed by atoms with van der Waals surface area (Å²) in [5, 5.41) is 12.0. The van der Waals surface area contributed by atoms with Gasteiger partial charge in [0, 0.05) is 29.7 Å². The van der Waals surface area contributed by atoms with Crippen molar-refractivity contribution in [1.29, 1.82) is 0 Å². The van der Waals surface area contributed by atoms with Crippen molar-refractivity contribution in [3.8, 4) is 10.4 Å². The predicted octanol–water partition coefficient (Wildman–Crippen LogP) is 4.05. The molecule has 2 aromatic heterocycles. The monoisotopic (exact) mass is 436 g/mol. The molecule has 0 aliphatic carbocycles. The minimum Gasteiger partial charge on any atom is -0.353 e. The second-order valence-corrected chi connectivity index (χ2v) is 9.59. The summed E-state index contributed by atoms with van der Waals surface area (Å²) in [4.78, 5) is 29.3. The van der Waals surface area contributed by atoms with Crippen molar-refractivity contribution < 1.29 is 9.59 Å². The van der Waals surface area contributed by atoms with Crippen LogP contribution >= 0.6 is 11.3 Å². The summed E-state index contributed by atoms with van der Waals surface area (Å²) in [6, 6.07) is 12.6. The van der Waals surface area contributed by atoms with Crippen LogP contribution in [-0.4, -0.2) is 46.0 Å². The zero-order valence-electron chi connectivity index (χ0n) is 18.1. The first-order chi connectivity index (χ1) is 14.9. The molecule has 31 heavy (non-hydrogen) atoms. The van der Waals surface area contributed by atoms with E-state index in [1.807, 2.05) is 26.8 Å². The maximum absolute atomic E-state index is 13.3. The van der Waals surface area contributed by atoms with E-state index in [1.54, 1.807) is 22.4 Å². The molecule has 1 saturated heterocycles. The number of rotatable bonds is 6. The molecular formula is C24H28N4O2S. The van der Waals surface area contributed by atoms with Crippen molar-refractivity contribution in [1.82, 2.24) is 20.4 Å². The highest BCUT2D eigenvalue weighted by Gasteiger charge is 2.46. The molecule has 1 aliphatic heterocycles. The summed E-state index contributed by atoms with van der Waals surface area (Å²) >= 11 is 1.71. The number of carbonyl (C=O) groups is 2. The minimum absolute atomic E-state index is 0.0176. The lowest BCUT2D eigenvalue weighted by Crippen LogP contribution is -2.47. The van der Waals surface area contributed by atoms with E-state index in [9.17, 15) is 9.59 Å². The predicted molar refractivity (Wildman–Crippen MR) is 123 cm³/mol. The van der Waals surface area contributed by atoms with Gasteiger partial charge in [-0.1, -0.05) is 30.3 Å². The fraction of sp³-hybridized carbons (Fsp3) is 0.375. The van der Waals surface area contributed by atoms with Crippen molar-refractivity contribution in [3.05, 3.63) is 64.8 Å². The zero-order valence-corrected chi connectivity index (χ0v) is 19.0. The largest absolute Gasteiger partial charge is 0.353 e. The Morgan fingerprint density at radius 1 is 1.26 bits per heavy atom. The molecule has 162 valence electrons. The third-order valence-electron chi connectivity index (χ3n) is 5.90. The molecule has 2 N–H and O–H groups in total. The van der Waals surface area contributed by atoms with E-state index < -0.39 is 5.41 Å². The smallest absolute Gasteiger partial charge is 0.257 e. The van der Waals surface area contributed by atoms with Crippen molar-refractivity contribution in [2.24, 2.45) is 5.41 Å². The number of H-pyrrole nitrogens is 1. The van der Waals surface area contributed by atoms with Crippen LogP contribution in [0.5, 0.6) is 0 Å². The van der Waals surface area contributed by atoms with Gasteiger partial charge in [0.1, 0.15) is 0 Å². The average molecular weight is 437 g/mol. The number of thiophene rings is 1. The summed E-state index contributed by atoms with van der Waals surface area (Å²) in [7, 11) is 0. The summed E-state index contributed by atoms with van der Waals surface area (Å²) < 4.78 is 0.